The zero-order valence-corrected chi connectivity index (χ0v) is 10.8. The number of hydrogen-bond acceptors (Lipinski definition) is 3. The number of amides is 2. The van der Waals surface area contributed by atoms with E-state index in [0.29, 0.717) is 6.54 Å². The number of carbonyl (C=O) groups excluding carboxylic acids is 1. The van der Waals surface area contributed by atoms with E-state index < -0.39 is 5.82 Å². The molecule has 2 atom stereocenters. The van der Waals surface area contributed by atoms with E-state index in [2.05, 4.69) is 10.3 Å². The van der Waals surface area contributed by atoms with Crippen molar-refractivity contribution in [2.75, 3.05) is 18.9 Å². The van der Waals surface area contributed by atoms with E-state index in [9.17, 15) is 14.3 Å². The Kier molecular flexibility index (Phi) is 4.31. The molecule has 1 heterocycles. The van der Waals surface area contributed by atoms with Gasteiger partial charge in [0.25, 0.3) is 0 Å². The molecule has 1 aromatic heterocycles. The predicted molar refractivity (Wildman–Crippen MR) is 69.2 cm³/mol. The molecule has 2 N–H and O–H groups in total. The topological polar surface area (TPSA) is 65.5 Å². The minimum Gasteiger partial charge on any atom is -0.393 e. The Balaban J connectivity index is 1.91. The summed E-state index contributed by atoms with van der Waals surface area (Å²) in [5.74, 6) is -0.455. The number of nitrogens with one attached hydrogen (secondary N) is 1. The fraction of sp³-hybridized carbons (Fsp3) is 0.538. The van der Waals surface area contributed by atoms with Crippen LogP contribution in [-0.4, -0.2) is 40.7 Å². The highest BCUT2D eigenvalue weighted by molar-refractivity contribution is 5.89. The molecule has 0 aromatic carbocycles. The number of hydrogen-bond donors (Lipinski definition) is 2. The maximum absolute atomic E-state index is 13.3. The van der Waals surface area contributed by atoms with Crippen LogP contribution in [0.4, 0.5) is 14.9 Å². The molecule has 6 heteroatoms. The molecule has 1 fully saturated rings. The normalized spacial score (nSPS) is 22.3. The van der Waals surface area contributed by atoms with E-state index in [1.807, 2.05) is 0 Å². The Morgan fingerprint density at radius 2 is 2.42 bits per heavy atom. The molecule has 0 aliphatic heterocycles. The monoisotopic (exact) mass is 267 g/mol. The van der Waals surface area contributed by atoms with Gasteiger partial charge in [-0.2, -0.15) is 0 Å². The molecule has 5 nitrogen and oxygen atoms in total. The van der Waals surface area contributed by atoms with Gasteiger partial charge in [-0.15, -0.1) is 0 Å². The van der Waals surface area contributed by atoms with Gasteiger partial charge in [-0.3, -0.25) is 4.98 Å². The average molecular weight is 267 g/mol. The molecular formula is C13H18FN3O2. The summed E-state index contributed by atoms with van der Waals surface area (Å²) in [6.07, 6.45) is 4.82. The summed E-state index contributed by atoms with van der Waals surface area (Å²) in [5, 5.41) is 12.2. The second-order valence-corrected chi connectivity index (χ2v) is 4.92. The highest BCUT2D eigenvalue weighted by atomic mass is 19.1. The van der Waals surface area contributed by atoms with E-state index >= 15 is 0 Å². The number of pyridine rings is 1. The fourth-order valence-electron chi connectivity index (χ4n) is 2.35. The molecule has 0 radical (unpaired) electrons. The number of nitrogens with zero attached hydrogens (tertiary/aromatic N) is 2. The van der Waals surface area contributed by atoms with E-state index in [1.165, 1.54) is 17.2 Å². The van der Waals surface area contributed by atoms with Crippen LogP contribution in [0.15, 0.2) is 18.5 Å². The summed E-state index contributed by atoms with van der Waals surface area (Å²) in [6.45, 7) is 0.472. The van der Waals surface area contributed by atoms with Gasteiger partial charge in [0.15, 0.2) is 5.82 Å². The Morgan fingerprint density at radius 3 is 3.05 bits per heavy atom. The number of carbonyl (C=O) groups is 1. The zero-order chi connectivity index (χ0) is 13.8. The molecule has 1 saturated carbocycles. The third-order valence-corrected chi connectivity index (χ3v) is 3.49. The van der Waals surface area contributed by atoms with Crippen molar-refractivity contribution in [2.45, 2.75) is 25.4 Å². The molecule has 2 rings (SSSR count). The number of anilines is 1. The van der Waals surface area contributed by atoms with Crippen LogP contribution in [0.3, 0.4) is 0 Å². The van der Waals surface area contributed by atoms with Crippen LogP contribution in [0.5, 0.6) is 0 Å². The van der Waals surface area contributed by atoms with Crippen LogP contribution in [0.25, 0.3) is 0 Å². The second kappa shape index (κ2) is 5.97. The molecule has 0 saturated heterocycles. The van der Waals surface area contributed by atoms with Gasteiger partial charge in [-0.1, -0.05) is 6.42 Å². The molecule has 2 unspecified atom stereocenters. The quantitative estimate of drug-likeness (QED) is 0.878. The minimum atomic E-state index is -0.565. The van der Waals surface area contributed by atoms with E-state index in [-0.39, 0.29) is 23.7 Å². The van der Waals surface area contributed by atoms with Crippen molar-refractivity contribution in [1.82, 2.24) is 9.88 Å². The molecule has 0 spiro atoms. The first kappa shape index (κ1) is 13.7. The van der Waals surface area contributed by atoms with Crippen LogP contribution in [0.2, 0.25) is 0 Å². The number of aliphatic hydroxyl groups excluding tert-OH is 1. The summed E-state index contributed by atoms with van der Waals surface area (Å²) in [5.41, 5.74) is 0.110. The van der Waals surface area contributed by atoms with Crippen molar-refractivity contribution in [1.29, 1.82) is 0 Å². The maximum atomic E-state index is 13.3. The standard InChI is InChI=1S/C13H18FN3O2/c1-17(8-9-3-2-4-12(9)18)13(19)16-11-5-6-15-7-10(11)14/h5-7,9,12,18H,2-4,8H2,1H3,(H,15,16,19). The molecule has 0 bridgehead atoms. The lowest BCUT2D eigenvalue weighted by Gasteiger charge is -2.23. The van der Waals surface area contributed by atoms with Gasteiger partial charge in [0.2, 0.25) is 0 Å². The Hall–Kier alpha value is -1.69. The summed E-state index contributed by atoms with van der Waals surface area (Å²) in [6, 6.07) is 1.02. The number of urea groups is 1. The highest BCUT2D eigenvalue weighted by Crippen LogP contribution is 2.26. The van der Waals surface area contributed by atoms with Gasteiger partial charge in [0.05, 0.1) is 18.0 Å². The number of rotatable bonds is 3. The lowest BCUT2D eigenvalue weighted by atomic mass is 10.1. The Labute approximate surface area is 111 Å². The van der Waals surface area contributed by atoms with Crippen molar-refractivity contribution in [3.8, 4) is 0 Å². The SMILES string of the molecule is CN(CC1CCCC1O)C(=O)Nc1ccncc1F. The van der Waals surface area contributed by atoms with Gasteiger partial charge in [0, 0.05) is 25.7 Å². The van der Waals surface area contributed by atoms with Gasteiger partial charge >= 0.3 is 6.03 Å². The first-order chi connectivity index (χ1) is 9.08. The lowest BCUT2D eigenvalue weighted by molar-refractivity contribution is 0.116. The van der Waals surface area contributed by atoms with Crippen LogP contribution < -0.4 is 5.32 Å². The average Bonchev–Trinajstić information content (AvgIpc) is 2.78. The number of aromatic nitrogens is 1. The first-order valence-corrected chi connectivity index (χ1v) is 6.37. The number of aliphatic hydroxyl groups is 1. The van der Waals surface area contributed by atoms with Crippen molar-refractivity contribution >= 4 is 11.7 Å². The fourth-order valence-corrected chi connectivity index (χ4v) is 2.35. The summed E-state index contributed by atoms with van der Waals surface area (Å²) < 4.78 is 13.3. The van der Waals surface area contributed by atoms with E-state index in [1.54, 1.807) is 7.05 Å². The van der Waals surface area contributed by atoms with Gasteiger partial charge in [-0.25, -0.2) is 9.18 Å². The van der Waals surface area contributed by atoms with Gasteiger partial charge in [0.1, 0.15) is 0 Å². The second-order valence-electron chi connectivity index (χ2n) is 4.92. The Bertz CT molecular complexity index is 455. The van der Waals surface area contributed by atoms with Crippen molar-refractivity contribution in [2.24, 2.45) is 5.92 Å². The largest absolute Gasteiger partial charge is 0.393 e. The Morgan fingerprint density at radius 1 is 1.63 bits per heavy atom. The maximum Gasteiger partial charge on any atom is 0.321 e. The van der Waals surface area contributed by atoms with Crippen LogP contribution in [0.1, 0.15) is 19.3 Å². The van der Waals surface area contributed by atoms with E-state index in [0.717, 1.165) is 25.5 Å². The smallest absolute Gasteiger partial charge is 0.321 e. The molecule has 1 aromatic rings. The van der Waals surface area contributed by atoms with Gasteiger partial charge in [-0.05, 0) is 18.9 Å². The predicted octanol–water partition coefficient (Wildman–Crippen LogP) is 1.85. The van der Waals surface area contributed by atoms with Gasteiger partial charge < -0.3 is 15.3 Å². The molecule has 1 aliphatic carbocycles. The molecule has 104 valence electrons. The van der Waals surface area contributed by atoms with Crippen molar-refractivity contribution in [3.05, 3.63) is 24.3 Å². The number of halogens is 1. The molecule has 1 aliphatic rings. The summed E-state index contributed by atoms with van der Waals surface area (Å²) in [4.78, 5) is 17.0. The lowest BCUT2D eigenvalue weighted by Crippen LogP contribution is -2.37. The summed E-state index contributed by atoms with van der Waals surface area (Å²) in [7, 11) is 1.64. The zero-order valence-electron chi connectivity index (χ0n) is 10.8. The minimum absolute atomic E-state index is 0.109. The molecular weight excluding hydrogens is 249 g/mol. The van der Waals surface area contributed by atoms with Crippen LogP contribution in [-0.2, 0) is 0 Å². The molecule has 19 heavy (non-hydrogen) atoms. The van der Waals surface area contributed by atoms with Crippen molar-refractivity contribution in [3.63, 3.8) is 0 Å². The summed E-state index contributed by atoms with van der Waals surface area (Å²) >= 11 is 0. The van der Waals surface area contributed by atoms with Crippen molar-refractivity contribution < 1.29 is 14.3 Å². The first-order valence-electron chi connectivity index (χ1n) is 6.37. The van der Waals surface area contributed by atoms with Crippen LogP contribution >= 0.6 is 0 Å². The third kappa shape index (κ3) is 3.41. The molecule has 2 amide bonds. The highest BCUT2D eigenvalue weighted by Gasteiger charge is 2.27. The van der Waals surface area contributed by atoms with Crippen LogP contribution in [0, 0.1) is 11.7 Å². The third-order valence-electron chi connectivity index (χ3n) is 3.49. The van der Waals surface area contributed by atoms with E-state index in [4.69, 9.17) is 0 Å².